The fraction of sp³-hybridized carbons (Fsp3) is 0.273. The highest BCUT2D eigenvalue weighted by molar-refractivity contribution is 7.80. The molecule has 2 rings (SSSR count). The van der Waals surface area contributed by atoms with Crippen molar-refractivity contribution in [1.29, 1.82) is 0 Å². The first kappa shape index (κ1) is 23.0. The predicted molar refractivity (Wildman–Crippen MR) is 121 cm³/mol. The lowest BCUT2D eigenvalue weighted by Gasteiger charge is -2.11. The van der Waals surface area contributed by atoms with E-state index in [1.54, 1.807) is 36.4 Å². The summed E-state index contributed by atoms with van der Waals surface area (Å²) in [4.78, 5) is 36.3. The second-order valence-electron chi connectivity index (χ2n) is 6.76. The summed E-state index contributed by atoms with van der Waals surface area (Å²) in [6, 6.07) is 13.7. The number of anilines is 1. The second-order valence-corrected chi connectivity index (χ2v) is 7.17. The Hall–Kier alpha value is -3.26. The van der Waals surface area contributed by atoms with Crippen LogP contribution in [0.1, 0.15) is 58.9 Å². The van der Waals surface area contributed by atoms with Gasteiger partial charge in [0.15, 0.2) is 5.11 Å². The third-order valence-corrected chi connectivity index (χ3v) is 4.55. The lowest BCUT2D eigenvalue weighted by molar-refractivity contribution is -0.119. The van der Waals surface area contributed by atoms with Crippen molar-refractivity contribution in [3.63, 3.8) is 0 Å². The van der Waals surface area contributed by atoms with Crippen LogP contribution in [-0.2, 0) is 4.79 Å². The minimum atomic E-state index is -0.422. The first-order valence-electron chi connectivity index (χ1n) is 9.78. The van der Waals surface area contributed by atoms with Gasteiger partial charge in [-0.25, -0.2) is 0 Å². The van der Waals surface area contributed by atoms with E-state index in [2.05, 4.69) is 28.4 Å². The van der Waals surface area contributed by atoms with E-state index in [-0.39, 0.29) is 16.9 Å². The molecule has 0 saturated heterocycles. The van der Waals surface area contributed by atoms with E-state index in [9.17, 15) is 14.4 Å². The average Bonchev–Trinajstić information content (AvgIpc) is 2.73. The number of unbranched alkanes of at least 4 members (excludes halogenated alkanes) is 2. The number of rotatable bonds is 7. The Balaban J connectivity index is 1.82. The Morgan fingerprint density at radius 3 is 2.27 bits per heavy atom. The van der Waals surface area contributed by atoms with Crippen molar-refractivity contribution in [1.82, 2.24) is 16.2 Å². The first-order valence-corrected chi connectivity index (χ1v) is 10.2. The van der Waals surface area contributed by atoms with Crippen molar-refractivity contribution in [3.05, 3.63) is 65.2 Å². The zero-order valence-corrected chi connectivity index (χ0v) is 17.9. The fourth-order valence-electron chi connectivity index (χ4n) is 2.67. The van der Waals surface area contributed by atoms with Gasteiger partial charge >= 0.3 is 0 Å². The van der Waals surface area contributed by atoms with Crippen LogP contribution in [0.3, 0.4) is 0 Å². The molecule has 0 heterocycles. The summed E-state index contributed by atoms with van der Waals surface area (Å²) >= 11 is 5.00. The molecule has 0 aliphatic carbocycles. The van der Waals surface area contributed by atoms with Crippen molar-refractivity contribution < 1.29 is 14.4 Å². The molecule has 0 unspecified atom stereocenters. The van der Waals surface area contributed by atoms with Crippen LogP contribution >= 0.6 is 12.2 Å². The van der Waals surface area contributed by atoms with E-state index < -0.39 is 5.91 Å². The van der Waals surface area contributed by atoms with Gasteiger partial charge in [-0.3, -0.25) is 25.2 Å². The molecule has 0 spiro atoms. The number of aryl methyl sites for hydroxylation is 1. The smallest absolute Gasteiger partial charge is 0.269 e. The van der Waals surface area contributed by atoms with Crippen LogP contribution in [0.2, 0.25) is 0 Å². The van der Waals surface area contributed by atoms with Gasteiger partial charge in [0.25, 0.3) is 11.8 Å². The highest BCUT2D eigenvalue weighted by Gasteiger charge is 2.10. The molecule has 30 heavy (non-hydrogen) atoms. The molecule has 0 bridgehead atoms. The molecule has 0 saturated carbocycles. The maximum absolute atomic E-state index is 12.4. The van der Waals surface area contributed by atoms with E-state index in [1.807, 2.05) is 19.1 Å². The van der Waals surface area contributed by atoms with Crippen LogP contribution in [-0.4, -0.2) is 22.8 Å². The summed E-state index contributed by atoms with van der Waals surface area (Å²) in [6.07, 6.45) is 3.19. The molecule has 0 atom stereocenters. The zero-order valence-electron chi connectivity index (χ0n) is 17.1. The number of hydrogen-bond acceptors (Lipinski definition) is 4. The molecule has 2 aromatic carbocycles. The molecule has 2 aromatic rings. The fourth-order valence-corrected chi connectivity index (χ4v) is 2.84. The van der Waals surface area contributed by atoms with Crippen LogP contribution in [0.5, 0.6) is 0 Å². The van der Waals surface area contributed by atoms with Gasteiger partial charge in [-0.05, 0) is 61.5 Å². The summed E-state index contributed by atoms with van der Waals surface area (Å²) in [5.74, 6) is -0.828. The number of carbonyl (C=O) groups excluding carboxylic acids is 3. The van der Waals surface area contributed by atoms with Gasteiger partial charge < -0.3 is 10.6 Å². The number of amides is 3. The molecule has 0 aliphatic heterocycles. The van der Waals surface area contributed by atoms with Gasteiger partial charge in [-0.1, -0.05) is 38.0 Å². The lowest BCUT2D eigenvalue weighted by atomic mass is 10.1. The largest absolute Gasteiger partial charge is 0.322 e. The van der Waals surface area contributed by atoms with Crippen LogP contribution in [0.25, 0.3) is 0 Å². The SMILES string of the molecule is CCCCCC(=O)NC(=S)NNC(=O)c1ccc(NC(=O)c2ccccc2C)cc1. The van der Waals surface area contributed by atoms with E-state index in [0.29, 0.717) is 23.2 Å². The van der Waals surface area contributed by atoms with Crippen molar-refractivity contribution in [3.8, 4) is 0 Å². The molecular formula is C22H26N4O3S. The highest BCUT2D eigenvalue weighted by Crippen LogP contribution is 2.13. The van der Waals surface area contributed by atoms with E-state index in [0.717, 1.165) is 24.8 Å². The number of hydrazine groups is 1. The summed E-state index contributed by atoms with van der Waals surface area (Å²) in [6.45, 7) is 3.93. The third kappa shape index (κ3) is 7.29. The number of thiocarbonyl (C=S) groups is 1. The minimum absolute atomic E-state index is 0.0342. The van der Waals surface area contributed by atoms with Crippen LogP contribution < -0.4 is 21.5 Å². The Kier molecular flexibility index (Phi) is 8.96. The molecule has 4 N–H and O–H groups in total. The molecule has 0 fully saturated rings. The number of carbonyl (C=O) groups is 3. The van der Waals surface area contributed by atoms with Crippen molar-refractivity contribution >= 4 is 40.7 Å². The van der Waals surface area contributed by atoms with Gasteiger partial charge in [0.2, 0.25) is 5.91 Å². The van der Waals surface area contributed by atoms with Gasteiger partial charge in [-0.15, -0.1) is 0 Å². The summed E-state index contributed by atoms with van der Waals surface area (Å²) in [5, 5.41) is 5.35. The monoisotopic (exact) mass is 426 g/mol. The molecule has 0 aromatic heterocycles. The standard InChI is InChI=1S/C22H26N4O3S/c1-3-4-5-10-19(27)24-22(30)26-25-20(28)16-11-13-17(14-12-16)23-21(29)18-9-7-6-8-15(18)2/h6-9,11-14H,3-5,10H2,1-2H3,(H,23,29)(H,25,28)(H2,24,26,27,30). The van der Waals surface area contributed by atoms with Crippen LogP contribution in [0.15, 0.2) is 48.5 Å². The Bertz CT molecular complexity index is 913. The summed E-state index contributed by atoms with van der Waals surface area (Å²) < 4.78 is 0. The third-order valence-electron chi connectivity index (χ3n) is 4.34. The van der Waals surface area contributed by atoms with Gasteiger partial charge in [0.1, 0.15) is 0 Å². The molecule has 8 heteroatoms. The maximum atomic E-state index is 12.4. The van der Waals surface area contributed by atoms with Gasteiger partial charge in [0.05, 0.1) is 0 Å². The van der Waals surface area contributed by atoms with E-state index in [1.165, 1.54) is 0 Å². The van der Waals surface area contributed by atoms with Crippen LogP contribution in [0.4, 0.5) is 5.69 Å². The highest BCUT2D eigenvalue weighted by atomic mass is 32.1. The summed E-state index contributed by atoms with van der Waals surface area (Å²) in [7, 11) is 0. The summed E-state index contributed by atoms with van der Waals surface area (Å²) in [5.41, 5.74) is 7.35. The number of benzene rings is 2. The van der Waals surface area contributed by atoms with Gasteiger partial charge in [-0.2, -0.15) is 0 Å². The normalized spacial score (nSPS) is 10.1. The Morgan fingerprint density at radius 2 is 1.60 bits per heavy atom. The molecular weight excluding hydrogens is 400 g/mol. The number of hydrogen-bond donors (Lipinski definition) is 4. The minimum Gasteiger partial charge on any atom is -0.322 e. The maximum Gasteiger partial charge on any atom is 0.269 e. The van der Waals surface area contributed by atoms with E-state index >= 15 is 0 Å². The molecule has 0 aliphatic rings. The Morgan fingerprint density at radius 1 is 0.900 bits per heavy atom. The first-order chi connectivity index (χ1) is 14.4. The topological polar surface area (TPSA) is 99.3 Å². The predicted octanol–water partition coefficient (Wildman–Crippen LogP) is 3.46. The molecule has 158 valence electrons. The van der Waals surface area contributed by atoms with Crippen molar-refractivity contribution in [2.24, 2.45) is 0 Å². The molecule has 7 nitrogen and oxygen atoms in total. The second kappa shape index (κ2) is 11.7. The van der Waals surface area contributed by atoms with Crippen molar-refractivity contribution in [2.75, 3.05) is 5.32 Å². The zero-order chi connectivity index (χ0) is 21.9. The Labute approximate surface area is 181 Å². The van der Waals surface area contributed by atoms with Crippen molar-refractivity contribution in [2.45, 2.75) is 39.5 Å². The molecule has 0 radical (unpaired) electrons. The van der Waals surface area contributed by atoms with E-state index in [4.69, 9.17) is 12.2 Å². The average molecular weight is 427 g/mol. The molecule has 3 amide bonds. The number of nitrogens with one attached hydrogen (secondary N) is 4. The quantitative estimate of drug-likeness (QED) is 0.309. The van der Waals surface area contributed by atoms with Crippen LogP contribution in [0, 0.1) is 6.92 Å². The van der Waals surface area contributed by atoms with Gasteiger partial charge in [0, 0.05) is 23.2 Å². The lowest BCUT2D eigenvalue weighted by Crippen LogP contribution is -2.48.